The molecule has 1 aliphatic rings. The first-order valence-electron chi connectivity index (χ1n) is 6.01. The zero-order valence-electron chi connectivity index (χ0n) is 9.81. The van der Waals surface area contributed by atoms with Crippen molar-refractivity contribution in [2.24, 2.45) is 0 Å². The van der Waals surface area contributed by atoms with E-state index in [1.807, 2.05) is 29.2 Å². The van der Waals surface area contributed by atoms with Crippen molar-refractivity contribution in [2.45, 2.75) is 25.8 Å². The number of likely N-dealkylation sites (tertiary alicyclic amines) is 1. The first kappa shape index (κ1) is 10.3. The first-order valence-corrected chi connectivity index (χ1v) is 6.01. The van der Waals surface area contributed by atoms with Crippen LogP contribution in [-0.4, -0.2) is 33.6 Å². The molecule has 1 saturated heterocycles. The fourth-order valence-corrected chi connectivity index (χ4v) is 2.50. The normalized spacial score (nSPS) is 20.1. The number of nitrogens with zero attached hydrogens (tertiary/aromatic N) is 2. The van der Waals surface area contributed by atoms with Gasteiger partial charge in [0.05, 0.1) is 5.52 Å². The molecule has 88 valence electrons. The summed E-state index contributed by atoms with van der Waals surface area (Å²) in [6.45, 7) is 2.95. The number of para-hydroxylation sites is 1. The van der Waals surface area contributed by atoms with Crippen LogP contribution >= 0.6 is 0 Å². The molecule has 4 heteroatoms. The Balaban J connectivity index is 2.01. The minimum Gasteiger partial charge on any atom is -0.335 e. The third kappa shape index (κ3) is 1.60. The van der Waals surface area contributed by atoms with E-state index in [1.54, 1.807) is 0 Å². The molecular formula is C13H15N3O. The third-order valence-electron chi connectivity index (χ3n) is 3.49. The van der Waals surface area contributed by atoms with Crippen LogP contribution in [0.25, 0.3) is 10.9 Å². The molecule has 2 heterocycles. The average Bonchev–Trinajstić information content (AvgIpc) is 2.94. The predicted octanol–water partition coefficient (Wildman–Crippen LogP) is 2.19. The first-order chi connectivity index (χ1) is 8.27. The molecule has 0 aliphatic carbocycles. The molecule has 1 aromatic carbocycles. The maximum absolute atomic E-state index is 12.4. The van der Waals surface area contributed by atoms with Crippen LogP contribution in [0.3, 0.4) is 0 Å². The van der Waals surface area contributed by atoms with Gasteiger partial charge in [-0.2, -0.15) is 5.10 Å². The highest BCUT2D eigenvalue weighted by molar-refractivity contribution is 6.04. The quantitative estimate of drug-likeness (QED) is 0.814. The summed E-state index contributed by atoms with van der Waals surface area (Å²) in [6.07, 6.45) is 2.18. The highest BCUT2D eigenvalue weighted by atomic mass is 16.2. The van der Waals surface area contributed by atoms with Gasteiger partial charge in [0.1, 0.15) is 0 Å². The summed E-state index contributed by atoms with van der Waals surface area (Å²) in [4.78, 5) is 14.3. The van der Waals surface area contributed by atoms with Gasteiger partial charge in [0, 0.05) is 18.0 Å². The van der Waals surface area contributed by atoms with Crippen LogP contribution in [0.5, 0.6) is 0 Å². The lowest BCUT2D eigenvalue weighted by atomic mass is 10.2. The average molecular weight is 229 g/mol. The van der Waals surface area contributed by atoms with E-state index >= 15 is 0 Å². The number of benzene rings is 1. The minimum absolute atomic E-state index is 0.0486. The number of nitrogens with one attached hydrogen (secondary N) is 1. The Hall–Kier alpha value is -1.84. The third-order valence-corrected chi connectivity index (χ3v) is 3.49. The molecule has 0 radical (unpaired) electrons. The summed E-state index contributed by atoms with van der Waals surface area (Å²) < 4.78 is 0. The summed E-state index contributed by atoms with van der Waals surface area (Å²) in [5.74, 6) is 0.0486. The van der Waals surface area contributed by atoms with E-state index in [1.165, 1.54) is 0 Å². The van der Waals surface area contributed by atoms with Crippen molar-refractivity contribution in [1.82, 2.24) is 15.1 Å². The second-order valence-electron chi connectivity index (χ2n) is 4.61. The number of H-pyrrole nitrogens is 1. The van der Waals surface area contributed by atoms with Gasteiger partial charge in [-0.15, -0.1) is 0 Å². The van der Waals surface area contributed by atoms with E-state index in [4.69, 9.17) is 0 Å². The predicted molar refractivity (Wildman–Crippen MR) is 65.8 cm³/mol. The van der Waals surface area contributed by atoms with E-state index in [0.29, 0.717) is 11.7 Å². The molecule has 1 fully saturated rings. The van der Waals surface area contributed by atoms with E-state index in [0.717, 1.165) is 30.3 Å². The number of carbonyl (C=O) groups is 1. The number of hydrogen-bond acceptors (Lipinski definition) is 2. The number of fused-ring (bicyclic) bond motifs is 1. The molecule has 1 aliphatic heterocycles. The Bertz CT molecular complexity index is 561. The molecule has 1 unspecified atom stereocenters. The van der Waals surface area contributed by atoms with E-state index in [-0.39, 0.29) is 5.91 Å². The Kier molecular flexibility index (Phi) is 2.35. The van der Waals surface area contributed by atoms with E-state index < -0.39 is 0 Å². The largest absolute Gasteiger partial charge is 0.335 e. The van der Waals surface area contributed by atoms with E-state index in [2.05, 4.69) is 17.1 Å². The number of carbonyl (C=O) groups excluding carboxylic acids is 1. The van der Waals surface area contributed by atoms with Crippen LogP contribution in [0, 0.1) is 0 Å². The van der Waals surface area contributed by atoms with Crippen molar-refractivity contribution < 1.29 is 4.79 Å². The van der Waals surface area contributed by atoms with Crippen molar-refractivity contribution in [3.05, 3.63) is 30.0 Å². The van der Waals surface area contributed by atoms with Crippen LogP contribution in [-0.2, 0) is 0 Å². The summed E-state index contributed by atoms with van der Waals surface area (Å²) in [5, 5.41) is 7.98. The highest BCUT2D eigenvalue weighted by Gasteiger charge is 2.28. The molecule has 1 aromatic heterocycles. The fourth-order valence-electron chi connectivity index (χ4n) is 2.50. The van der Waals surface area contributed by atoms with Crippen molar-refractivity contribution in [2.75, 3.05) is 6.54 Å². The van der Waals surface area contributed by atoms with Crippen LogP contribution in [0.4, 0.5) is 0 Å². The summed E-state index contributed by atoms with van der Waals surface area (Å²) in [5.41, 5.74) is 1.47. The molecule has 0 bridgehead atoms. The van der Waals surface area contributed by atoms with Gasteiger partial charge >= 0.3 is 0 Å². The molecule has 0 spiro atoms. The number of rotatable bonds is 1. The monoisotopic (exact) mass is 229 g/mol. The minimum atomic E-state index is 0.0486. The number of amides is 1. The van der Waals surface area contributed by atoms with Crippen molar-refractivity contribution in [1.29, 1.82) is 0 Å². The van der Waals surface area contributed by atoms with Crippen LogP contribution in [0.2, 0.25) is 0 Å². The summed E-state index contributed by atoms with van der Waals surface area (Å²) >= 11 is 0. The van der Waals surface area contributed by atoms with Crippen LogP contribution in [0.15, 0.2) is 24.3 Å². The zero-order chi connectivity index (χ0) is 11.8. The second kappa shape index (κ2) is 3.87. The lowest BCUT2D eigenvalue weighted by Gasteiger charge is -2.20. The number of hydrogen-bond donors (Lipinski definition) is 1. The molecular weight excluding hydrogens is 214 g/mol. The molecule has 4 nitrogen and oxygen atoms in total. The van der Waals surface area contributed by atoms with Crippen molar-refractivity contribution >= 4 is 16.8 Å². The number of aromatic nitrogens is 2. The molecule has 3 rings (SSSR count). The molecule has 1 amide bonds. The summed E-state index contributed by atoms with van der Waals surface area (Å²) in [7, 11) is 0. The zero-order valence-corrected chi connectivity index (χ0v) is 9.81. The van der Waals surface area contributed by atoms with Gasteiger partial charge in [0.15, 0.2) is 5.69 Å². The van der Waals surface area contributed by atoms with Gasteiger partial charge in [-0.3, -0.25) is 9.89 Å². The fraction of sp³-hybridized carbons (Fsp3) is 0.385. The number of aromatic amines is 1. The standard InChI is InChI=1S/C13H15N3O/c1-9-5-4-8-16(9)13(17)12-10-6-2-3-7-11(10)14-15-12/h2-3,6-7,9H,4-5,8H2,1H3,(H,14,15). The van der Waals surface area contributed by atoms with Gasteiger partial charge in [-0.1, -0.05) is 18.2 Å². The van der Waals surface area contributed by atoms with Crippen molar-refractivity contribution in [3.63, 3.8) is 0 Å². The van der Waals surface area contributed by atoms with E-state index in [9.17, 15) is 4.79 Å². The van der Waals surface area contributed by atoms with Gasteiger partial charge in [-0.05, 0) is 25.8 Å². The molecule has 2 aromatic rings. The maximum atomic E-state index is 12.4. The van der Waals surface area contributed by atoms with Gasteiger partial charge in [0.2, 0.25) is 0 Å². The highest BCUT2D eigenvalue weighted by Crippen LogP contribution is 2.22. The second-order valence-corrected chi connectivity index (χ2v) is 4.61. The Morgan fingerprint density at radius 2 is 2.29 bits per heavy atom. The van der Waals surface area contributed by atoms with Crippen LogP contribution in [0.1, 0.15) is 30.3 Å². The van der Waals surface area contributed by atoms with Gasteiger partial charge in [-0.25, -0.2) is 0 Å². The molecule has 17 heavy (non-hydrogen) atoms. The molecule has 1 N–H and O–H groups in total. The Labute approximate surface area is 99.6 Å². The van der Waals surface area contributed by atoms with Crippen LogP contribution < -0.4 is 0 Å². The molecule has 0 saturated carbocycles. The van der Waals surface area contributed by atoms with Crippen molar-refractivity contribution in [3.8, 4) is 0 Å². The van der Waals surface area contributed by atoms with Gasteiger partial charge < -0.3 is 4.90 Å². The maximum Gasteiger partial charge on any atom is 0.275 e. The molecule has 1 atom stereocenters. The topological polar surface area (TPSA) is 49.0 Å². The Morgan fingerprint density at radius 3 is 3.06 bits per heavy atom. The Morgan fingerprint density at radius 1 is 1.47 bits per heavy atom. The lowest BCUT2D eigenvalue weighted by molar-refractivity contribution is 0.0743. The van der Waals surface area contributed by atoms with Gasteiger partial charge in [0.25, 0.3) is 5.91 Å². The smallest absolute Gasteiger partial charge is 0.275 e. The summed E-state index contributed by atoms with van der Waals surface area (Å²) in [6, 6.07) is 8.08. The lowest BCUT2D eigenvalue weighted by Crippen LogP contribution is -2.33. The SMILES string of the molecule is CC1CCCN1C(=O)c1n[nH]c2ccccc12.